The second-order valence-corrected chi connectivity index (χ2v) is 7.26. The Morgan fingerprint density at radius 3 is 1.92 bits per heavy atom. The Bertz CT molecular complexity index is 525. The molecular formula is C20H32N2O3. The molecule has 0 atom stereocenters. The second-order valence-electron chi connectivity index (χ2n) is 7.26. The lowest BCUT2D eigenvalue weighted by molar-refractivity contribution is 0.113. The zero-order valence-corrected chi connectivity index (χ0v) is 15.9. The summed E-state index contributed by atoms with van der Waals surface area (Å²) in [5, 5.41) is 0. The molecular weight excluding hydrogens is 316 g/mol. The molecule has 2 fully saturated rings. The van der Waals surface area contributed by atoms with Crippen molar-refractivity contribution in [3.05, 3.63) is 17.7 Å². The zero-order valence-electron chi connectivity index (χ0n) is 15.9. The van der Waals surface area contributed by atoms with Gasteiger partial charge in [-0.25, -0.2) is 0 Å². The van der Waals surface area contributed by atoms with E-state index in [1.807, 2.05) is 0 Å². The summed E-state index contributed by atoms with van der Waals surface area (Å²) >= 11 is 0. The normalized spacial score (nSPS) is 20.0. The van der Waals surface area contributed by atoms with Crippen LogP contribution in [0.3, 0.4) is 0 Å². The molecule has 1 saturated carbocycles. The quantitative estimate of drug-likeness (QED) is 0.757. The first-order valence-corrected chi connectivity index (χ1v) is 9.47. The van der Waals surface area contributed by atoms with E-state index < -0.39 is 0 Å². The van der Waals surface area contributed by atoms with E-state index in [9.17, 15) is 0 Å². The van der Waals surface area contributed by atoms with Gasteiger partial charge in [-0.2, -0.15) is 0 Å². The summed E-state index contributed by atoms with van der Waals surface area (Å²) in [5.41, 5.74) is 1.21. The standard InChI is InChI=1S/C20H32N2O3/c1-23-18-12-17(13-19(24-2)20(18)25-3)15-22-10-8-21(9-11-22)14-16-6-4-5-7-16/h12-13,16H,4-11,14-15H2,1-3H3. The molecule has 25 heavy (non-hydrogen) atoms. The molecule has 5 heteroatoms. The third-order valence-corrected chi connectivity index (χ3v) is 5.59. The lowest BCUT2D eigenvalue weighted by Crippen LogP contribution is -2.47. The van der Waals surface area contributed by atoms with Gasteiger partial charge in [0.25, 0.3) is 0 Å². The molecule has 1 aromatic rings. The van der Waals surface area contributed by atoms with Crippen LogP contribution in [-0.2, 0) is 6.54 Å². The molecule has 0 spiro atoms. The van der Waals surface area contributed by atoms with Crippen molar-refractivity contribution in [1.29, 1.82) is 0 Å². The lowest BCUT2D eigenvalue weighted by atomic mass is 10.1. The van der Waals surface area contributed by atoms with E-state index in [1.54, 1.807) is 21.3 Å². The maximum Gasteiger partial charge on any atom is 0.203 e. The molecule has 3 rings (SSSR count). The predicted molar refractivity (Wildman–Crippen MR) is 99.8 cm³/mol. The molecule has 1 aliphatic carbocycles. The van der Waals surface area contributed by atoms with Gasteiger partial charge in [0.1, 0.15) is 0 Å². The fraction of sp³-hybridized carbons (Fsp3) is 0.700. The van der Waals surface area contributed by atoms with Crippen LogP contribution in [0.5, 0.6) is 17.2 Å². The highest BCUT2D eigenvalue weighted by atomic mass is 16.5. The minimum Gasteiger partial charge on any atom is -0.493 e. The van der Waals surface area contributed by atoms with Crippen LogP contribution >= 0.6 is 0 Å². The molecule has 0 unspecified atom stereocenters. The Kier molecular flexibility index (Phi) is 6.43. The van der Waals surface area contributed by atoms with Gasteiger partial charge in [0.2, 0.25) is 5.75 Å². The van der Waals surface area contributed by atoms with Gasteiger partial charge in [-0.05, 0) is 36.5 Å². The summed E-state index contributed by atoms with van der Waals surface area (Å²) in [6.45, 7) is 6.85. The van der Waals surface area contributed by atoms with Gasteiger partial charge in [0, 0.05) is 39.3 Å². The molecule has 0 amide bonds. The molecule has 0 aromatic heterocycles. The predicted octanol–water partition coefficient (Wildman–Crippen LogP) is 3.02. The fourth-order valence-corrected chi connectivity index (χ4v) is 4.17. The number of rotatable bonds is 7. The van der Waals surface area contributed by atoms with Gasteiger partial charge in [0.05, 0.1) is 21.3 Å². The first-order chi connectivity index (χ1) is 12.2. The van der Waals surface area contributed by atoms with Crippen LogP contribution in [0.1, 0.15) is 31.2 Å². The number of benzene rings is 1. The summed E-state index contributed by atoms with van der Waals surface area (Å²) in [6.07, 6.45) is 5.74. The molecule has 1 aliphatic heterocycles. The lowest BCUT2D eigenvalue weighted by Gasteiger charge is -2.36. The van der Waals surface area contributed by atoms with E-state index in [4.69, 9.17) is 14.2 Å². The molecule has 1 saturated heterocycles. The van der Waals surface area contributed by atoms with Crippen LogP contribution in [-0.4, -0.2) is 63.9 Å². The van der Waals surface area contributed by atoms with Crippen molar-refractivity contribution in [1.82, 2.24) is 9.80 Å². The molecule has 1 heterocycles. The summed E-state index contributed by atoms with van der Waals surface area (Å²) in [6, 6.07) is 4.12. The number of methoxy groups -OCH3 is 3. The van der Waals surface area contributed by atoms with Crippen LogP contribution in [0.2, 0.25) is 0 Å². The molecule has 0 N–H and O–H groups in total. The first-order valence-electron chi connectivity index (χ1n) is 9.47. The first kappa shape index (κ1) is 18.3. The average molecular weight is 348 g/mol. The van der Waals surface area contributed by atoms with Gasteiger partial charge in [-0.3, -0.25) is 4.90 Å². The number of ether oxygens (including phenoxy) is 3. The highest BCUT2D eigenvalue weighted by molar-refractivity contribution is 5.53. The zero-order chi connectivity index (χ0) is 17.6. The number of nitrogens with zero attached hydrogens (tertiary/aromatic N) is 2. The minimum absolute atomic E-state index is 0.662. The third-order valence-electron chi connectivity index (χ3n) is 5.59. The molecule has 1 aromatic carbocycles. The SMILES string of the molecule is COc1cc(CN2CCN(CC3CCCC3)CC2)cc(OC)c1OC. The van der Waals surface area contributed by atoms with E-state index >= 15 is 0 Å². The van der Waals surface area contributed by atoms with Crippen molar-refractivity contribution < 1.29 is 14.2 Å². The molecule has 5 nitrogen and oxygen atoms in total. The topological polar surface area (TPSA) is 34.2 Å². The molecule has 140 valence electrons. The van der Waals surface area contributed by atoms with Crippen molar-refractivity contribution in [3.63, 3.8) is 0 Å². The van der Waals surface area contributed by atoms with Crippen molar-refractivity contribution in [2.45, 2.75) is 32.2 Å². The number of piperazine rings is 1. The van der Waals surface area contributed by atoms with E-state index in [2.05, 4.69) is 21.9 Å². The van der Waals surface area contributed by atoms with Gasteiger partial charge in [-0.15, -0.1) is 0 Å². The third kappa shape index (κ3) is 4.59. The molecule has 0 radical (unpaired) electrons. The van der Waals surface area contributed by atoms with Crippen molar-refractivity contribution in [2.75, 3.05) is 54.1 Å². The number of hydrogen-bond donors (Lipinski definition) is 0. The maximum atomic E-state index is 5.47. The van der Waals surface area contributed by atoms with E-state index in [1.165, 1.54) is 50.9 Å². The molecule has 2 aliphatic rings. The van der Waals surface area contributed by atoms with Crippen LogP contribution in [0, 0.1) is 5.92 Å². The Morgan fingerprint density at radius 2 is 1.40 bits per heavy atom. The van der Waals surface area contributed by atoms with Gasteiger partial charge in [-0.1, -0.05) is 12.8 Å². The number of hydrogen-bond acceptors (Lipinski definition) is 5. The van der Waals surface area contributed by atoms with Crippen LogP contribution in [0.4, 0.5) is 0 Å². The summed E-state index contributed by atoms with van der Waals surface area (Å²) in [7, 11) is 4.98. The monoisotopic (exact) mass is 348 g/mol. The summed E-state index contributed by atoms with van der Waals surface area (Å²) in [4.78, 5) is 5.17. The highest BCUT2D eigenvalue weighted by Crippen LogP contribution is 2.38. The van der Waals surface area contributed by atoms with Crippen molar-refractivity contribution in [3.8, 4) is 17.2 Å². The van der Waals surface area contributed by atoms with Crippen LogP contribution < -0.4 is 14.2 Å². The Hall–Kier alpha value is -1.46. The Morgan fingerprint density at radius 1 is 0.840 bits per heavy atom. The van der Waals surface area contributed by atoms with Gasteiger partial charge in [0.15, 0.2) is 11.5 Å². The highest BCUT2D eigenvalue weighted by Gasteiger charge is 2.23. The largest absolute Gasteiger partial charge is 0.493 e. The van der Waals surface area contributed by atoms with Crippen molar-refractivity contribution >= 4 is 0 Å². The smallest absolute Gasteiger partial charge is 0.203 e. The van der Waals surface area contributed by atoms with Crippen LogP contribution in [0.15, 0.2) is 12.1 Å². The van der Waals surface area contributed by atoms with Crippen molar-refractivity contribution in [2.24, 2.45) is 5.92 Å². The minimum atomic E-state index is 0.662. The fourth-order valence-electron chi connectivity index (χ4n) is 4.17. The second kappa shape index (κ2) is 8.77. The van der Waals surface area contributed by atoms with E-state index in [-0.39, 0.29) is 0 Å². The summed E-state index contributed by atoms with van der Waals surface area (Å²) < 4.78 is 16.3. The maximum absolute atomic E-state index is 5.47. The average Bonchev–Trinajstić information content (AvgIpc) is 3.15. The molecule has 0 bridgehead atoms. The van der Waals surface area contributed by atoms with Crippen LogP contribution in [0.25, 0.3) is 0 Å². The van der Waals surface area contributed by atoms with Gasteiger partial charge < -0.3 is 19.1 Å². The van der Waals surface area contributed by atoms with Gasteiger partial charge >= 0.3 is 0 Å². The Labute approximate surface area is 151 Å². The van der Waals surface area contributed by atoms with E-state index in [0.29, 0.717) is 5.75 Å². The Balaban J connectivity index is 1.56. The van der Waals surface area contributed by atoms with E-state index in [0.717, 1.165) is 37.1 Å². The summed E-state index contributed by atoms with van der Waals surface area (Å²) in [5.74, 6) is 3.07.